The average molecular weight is 331 g/mol. The van der Waals surface area contributed by atoms with Crippen molar-refractivity contribution >= 4 is 27.5 Å². The summed E-state index contributed by atoms with van der Waals surface area (Å²) in [5.74, 6) is 0.198. The highest BCUT2D eigenvalue weighted by molar-refractivity contribution is 7.89. The highest BCUT2D eigenvalue weighted by Gasteiger charge is 2.22. The van der Waals surface area contributed by atoms with Gasteiger partial charge in [-0.1, -0.05) is 18.0 Å². The lowest BCUT2D eigenvalue weighted by Gasteiger charge is -2.25. The molecule has 7 heteroatoms. The topological polar surface area (TPSA) is 66.5 Å². The molecule has 1 saturated carbocycles. The van der Waals surface area contributed by atoms with Crippen molar-refractivity contribution in [2.75, 3.05) is 20.6 Å². The van der Waals surface area contributed by atoms with Crippen LogP contribution in [0.5, 0.6) is 0 Å². The van der Waals surface area contributed by atoms with E-state index in [-0.39, 0.29) is 21.4 Å². The molecule has 0 spiro atoms. The van der Waals surface area contributed by atoms with E-state index < -0.39 is 10.0 Å². The van der Waals surface area contributed by atoms with Crippen molar-refractivity contribution in [3.8, 4) is 0 Å². The zero-order chi connectivity index (χ0) is 15.6. The van der Waals surface area contributed by atoms with Gasteiger partial charge in [0.15, 0.2) is 0 Å². The number of carbonyl (C=O) groups is 1. The number of hydrogen-bond donors (Lipinski definition) is 1. The third-order valence-electron chi connectivity index (χ3n) is 3.74. The van der Waals surface area contributed by atoms with Crippen molar-refractivity contribution in [3.05, 3.63) is 28.8 Å². The summed E-state index contributed by atoms with van der Waals surface area (Å²) in [4.78, 5) is 12.2. The molecule has 0 radical (unpaired) electrons. The van der Waals surface area contributed by atoms with E-state index in [1.165, 1.54) is 38.7 Å². The molecule has 0 heterocycles. The van der Waals surface area contributed by atoms with Crippen molar-refractivity contribution in [1.29, 1.82) is 0 Å². The minimum absolute atomic E-state index is 0.0608. The number of carbonyl (C=O) groups excluding carboxylic acids is 1. The van der Waals surface area contributed by atoms with E-state index >= 15 is 0 Å². The van der Waals surface area contributed by atoms with Gasteiger partial charge in [0.05, 0.1) is 15.5 Å². The predicted molar refractivity (Wildman–Crippen MR) is 82.0 cm³/mol. The van der Waals surface area contributed by atoms with Crippen LogP contribution >= 0.6 is 11.6 Å². The lowest BCUT2D eigenvalue weighted by molar-refractivity contribution is 0.0939. The smallest absolute Gasteiger partial charge is 0.252 e. The number of halogens is 1. The van der Waals surface area contributed by atoms with Crippen LogP contribution in [0.25, 0.3) is 0 Å². The summed E-state index contributed by atoms with van der Waals surface area (Å²) in [5.41, 5.74) is 0.193. The molecule has 0 saturated heterocycles. The maximum Gasteiger partial charge on any atom is 0.252 e. The fraction of sp³-hybridized carbons (Fsp3) is 0.500. The van der Waals surface area contributed by atoms with Gasteiger partial charge < -0.3 is 5.32 Å². The monoisotopic (exact) mass is 330 g/mol. The van der Waals surface area contributed by atoms with Crippen LogP contribution in [-0.4, -0.2) is 39.3 Å². The molecule has 1 fully saturated rings. The molecule has 0 unspecified atom stereocenters. The van der Waals surface area contributed by atoms with E-state index in [0.29, 0.717) is 12.5 Å². The molecule has 0 bridgehead atoms. The van der Waals surface area contributed by atoms with E-state index in [9.17, 15) is 13.2 Å². The maximum atomic E-state index is 12.2. The minimum Gasteiger partial charge on any atom is -0.352 e. The summed E-state index contributed by atoms with van der Waals surface area (Å²) in [6.07, 6.45) is 3.46. The third kappa shape index (κ3) is 3.56. The molecule has 0 aliphatic heterocycles. The zero-order valence-electron chi connectivity index (χ0n) is 12.1. The van der Waals surface area contributed by atoms with Gasteiger partial charge in [0.2, 0.25) is 10.0 Å². The molecule has 1 aliphatic rings. The first-order valence-corrected chi connectivity index (χ1v) is 8.64. The van der Waals surface area contributed by atoms with E-state index in [1.54, 1.807) is 0 Å². The van der Waals surface area contributed by atoms with Crippen LogP contribution in [0.4, 0.5) is 0 Å². The number of nitrogens with zero attached hydrogens (tertiary/aromatic N) is 1. The first kappa shape index (κ1) is 16.3. The Kier molecular flexibility index (Phi) is 4.91. The molecule has 0 aromatic heterocycles. The molecule has 2 rings (SSSR count). The van der Waals surface area contributed by atoms with Gasteiger partial charge in [0.25, 0.3) is 5.91 Å². The number of amides is 1. The summed E-state index contributed by atoms with van der Waals surface area (Å²) in [6, 6.07) is 4.17. The maximum absolute atomic E-state index is 12.2. The Bertz CT molecular complexity index is 640. The fourth-order valence-electron chi connectivity index (χ4n) is 2.08. The number of nitrogens with one attached hydrogen (secondary N) is 1. The van der Waals surface area contributed by atoms with Gasteiger partial charge in [0.1, 0.15) is 0 Å². The molecule has 21 heavy (non-hydrogen) atoms. The van der Waals surface area contributed by atoms with Crippen molar-refractivity contribution in [2.45, 2.75) is 24.2 Å². The highest BCUT2D eigenvalue weighted by atomic mass is 35.5. The Balaban J connectivity index is 2.20. The van der Waals surface area contributed by atoms with E-state index in [0.717, 1.165) is 17.1 Å². The number of hydrogen-bond acceptors (Lipinski definition) is 3. The predicted octanol–water partition coefficient (Wildman–Crippen LogP) is 2.12. The lowest BCUT2D eigenvalue weighted by Crippen LogP contribution is -2.32. The van der Waals surface area contributed by atoms with Crippen LogP contribution < -0.4 is 5.32 Å². The molecule has 1 aromatic rings. The lowest BCUT2D eigenvalue weighted by atomic mass is 9.85. The van der Waals surface area contributed by atoms with Gasteiger partial charge >= 0.3 is 0 Å². The molecule has 1 N–H and O–H groups in total. The van der Waals surface area contributed by atoms with Crippen LogP contribution in [0.2, 0.25) is 5.02 Å². The summed E-state index contributed by atoms with van der Waals surface area (Å²) in [6.45, 7) is 0.611. The zero-order valence-corrected chi connectivity index (χ0v) is 13.7. The number of benzene rings is 1. The van der Waals surface area contributed by atoms with E-state index in [4.69, 9.17) is 11.6 Å². The second kappa shape index (κ2) is 6.34. The molecule has 1 amide bonds. The highest BCUT2D eigenvalue weighted by Crippen LogP contribution is 2.26. The Morgan fingerprint density at radius 2 is 2.05 bits per heavy atom. The van der Waals surface area contributed by atoms with Gasteiger partial charge in [-0.2, -0.15) is 0 Å². The van der Waals surface area contributed by atoms with E-state index in [1.807, 2.05) is 0 Å². The summed E-state index contributed by atoms with van der Waals surface area (Å²) in [5, 5.41) is 3.07. The summed E-state index contributed by atoms with van der Waals surface area (Å²) >= 11 is 6.01. The van der Waals surface area contributed by atoms with Crippen molar-refractivity contribution < 1.29 is 13.2 Å². The van der Waals surface area contributed by atoms with Crippen molar-refractivity contribution in [3.63, 3.8) is 0 Å². The summed E-state index contributed by atoms with van der Waals surface area (Å²) < 4.78 is 25.3. The van der Waals surface area contributed by atoms with Crippen LogP contribution in [0.15, 0.2) is 23.1 Å². The molecular weight excluding hydrogens is 312 g/mol. The Morgan fingerprint density at radius 3 is 2.57 bits per heavy atom. The SMILES string of the molecule is CN(C)S(=O)(=O)c1ccc(Cl)c(C(=O)NCC2CCC2)c1. The minimum atomic E-state index is -3.58. The van der Waals surface area contributed by atoms with Gasteiger partial charge in [-0.05, 0) is 37.0 Å². The second-order valence-corrected chi connectivity index (χ2v) is 8.00. The van der Waals surface area contributed by atoms with Gasteiger partial charge in [-0.15, -0.1) is 0 Å². The Labute approximate surface area is 130 Å². The van der Waals surface area contributed by atoms with Gasteiger partial charge in [-0.25, -0.2) is 12.7 Å². The van der Waals surface area contributed by atoms with Gasteiger partial charge in [-0.3, -0.25) is 4.79 Å². The largest absolute Gasteiger partial charge is 0.352 e. The second-order valence-electron chi connectivity index (χ2n) is 5.44. The molecule has 1 aromatic carbocycles. The molecule has 116 valence electrons. The molecule has 5 nitrogen and oxygen atoms in total. The quantitative estimate of drug-likeness (QED) is 0.899. The van der Waals surface area contributed by atoms with Crippen LogP contribution in [-0.2, 0) is 10.0 Å². The molecular formula is C14H19ClN2O3S. The molecule has 1 aliphatic carbocycles. The first-order valence-electron chi connectivity index (χ1n) is 6.82. The van der Waals surface area contributed by atoms with Crippen LogP contribution in [0.1, 0.15) is 29.6 Å². The standard InChI is InChI=1S/C14H19ClN2O3S/c1-17(2)21(19,20)11-6-7-13(15)12(8-11)14(18)16-9-10-4-3-5-10/h6-8,10H,3-5,9H2,1-2H3,(H,16,18). The number of sulfonamides is 1. The number of rotatable bonds is 5. The first-order chi connectivity index (χ1) is 9.82. The normalized spacial score (nSPS) is 15.8. The van der Waals surface area contributed by atoms with Crippen molar-refractivity contribution in [2.24, 2.45) is 5.92 Å². The third-order valence-corrected chi connectivity index (χ3v) is 5.88. The van der Waals surface area contributed by atoms with Gasteiger partial charge in [0, 0.05) is 20.6 Å². The summed E-state index contributed by atoms with van der Waals surface area (Å²) in [7, 11) is -0.690. The Morgan fingerprint density at radius 1 is 1.38 bits per heavy atom. The van der Waals surface area contributed by atoms with Crippen LogP contribution in [0.3, 0.4) is 0 Å². The van der Waals surface area contributed by atoms with Crippen molar-refractivity contribution in [1.82, 2.24) is 9.62 Å². The average Bonchev–Trinajstić information content (AvgIpc) is 2.36. The van der Waals surface area contributed by atoms with Crippen LogP contribution in [0, 0.1) is 5.92 Å². The Hall–Kier alpha value is -1.11. The molecule has 0 atom stereocenters. The fourth-order valence-corrected chi connectivity index (χ4v) is 3.21. The van der Waals surface area contributed by atoms with E-state index in [2.05, 4.69) is 5.32 Å².